The van der Waals surface area contributed by atoms with E-state index in [0.29, 0.717) is 5.56 Å². The highest BCUT2D eigenvalue weighted by molar-refractivity contribution is 5.50. The Bertz CT molecular complexity index is 588. The maximum atomic E-state index is 12.5. The SMILES string of the molecule is CC(C)c1c(N)ncnc1-n1ccc(C(F)(F)F)n1. The first kappa shape index (κ1) is 13.3. The van der Waals surface area contributed by atoms with Gasteiger partial charge in [-0.05, 0) is 12.0 Å². The number of nitrogens with two attached hydrogens (primary N) is 1. The Kier molecular flexibility index (Phi) is 3.17. The number of aromatic nitrogens is 4. The van der Waals surface area contributed by atoms with Crippen LogP contribution in [0.4, 0.5) is 19.0 Å². The standard InChI is InChI=1S/C11H12F3N5/c1-6(2)8-9(15)16-5-17-10(8)19-4-3-7(18-19)11(12,13)14/h3-6H,1-2H3,(H2,15,16,17). The summed E-state index contributed by atoms with van der Waals surface area (Å²) in [7, 11) is 0. The van der Waals surface area contributed by atoms with Gasteiger partial charge in [0.2, 0.25) is 0 Å². The predicted octanol–water partition coefficient (Wildman–Crippen LogP) is 2.39. The van der Waals surface area contributed by atoms with Crippen LogP contribution >= 0.6 is 0 Å². The van der Waals surface area contributed by atoms with Gasteiger partial charge in [0.1, 0.15) is 12.1 Å². The van der Waals surface area contributed by atoms with Crippen LogP contribution in [-0.2, 0) is 6.18 Å². The van der Waals surface area contributed by atoms with Gasteiger partial charge in [-0.15, -0.1) is 0 Å². The second kappa shape index (κ2) is 4.52. The van der Waals surface area contributed by atoms with Crippen molar-refractivity contribution in [1.82, 2.24) is 19.7 Å². The molecular weight excluding hydrogens is 259 g/mol. The van der Waals surface area contributed by atoms with Crippen molar-refractivity contribution in [2.45, 2.75) is 25.9 Å². The summed E-state index contributed by atoms with van der Waals surface area (Å²) in [4.78, 5) is 7.81. The van der Waals surface area contributed by atoms with Gasteiger partial charge < -0.3 is 5.73 Å². The predicted molar refractivity (Wildman–Crippen MR) is 62.7 cm³/mol. The molecule has 8 heteroatoms. The van der Waals surface area contributed by atoms with Gasteiger partial charge in [-0.2, -0.15) is 18.3 Å². The van der Waals surface area contributed by atoms with E-state index in [4.69, 9.17) is 5.73 Å². The third-order valence-electron chi connectivity index (χ3n) is 2.57. The smallest absolute Gasteiger partial charge is 0.383 e. The van der Waals surface area contributed by atoms with Crippen LogP contribution in [0.1, 0.15) is 31.0 Å². The summed E-state index contributed by atoms with van der Waals surface area (Å²) in [5, 5.41) is 3.48. The molecule has 0 amide bonds. The number of halogens is 3. The van der Waals surface area contributed by atoms with E-state index in [2.05, 4.69) is 15.1 Å². The van der Waals surface area contributed by atoms with Crippen LogP contribution in [0.15, 0.2) is 18.6 Å². The highest BCUT2D eigenvalue weighted by atomic mass is 19.4. The Labute approximate surface area is 107 Å². The molecule has 0 spiro atoms. The number of anilines is 1. The summed E-state index contributed by atoms with van der Waals surface area (Å²) in [6.45, 7) is 3.71. The van der Waals surface area contributed by atoms with E-state index < -0.39 is 11.9 Å². The molecule has 2 aromatic heterocycles. The minimum Gasteiger partial charge on any atom is -0.383 e. The zero-order chi connectivity index (χ0) is 14.2. The highest BCUT2D eigenvalue weighted by Crippen LogP contribution is 2.29. The van der Waals surface area contributed by atoms with Gasteiger partial charge in [0, 0.05) is 11.8 Å². The van der Waals surface area contributed by atoms with E-state index in [1.807, 2.05) is 13.8 Å². The van der Waals surface area contributed by atoms with Gasteiger partial charge in [-0.3, -0.25) is 0 Å². The Morgan fingerprint density at radius 3 is 2.47 bits per heavy atom. The van der Waals surface area contributed by atoms with E-state index >= 15 is 0 Å². The molecular formula is C11H12F3N5. The quantitative estimate of drug-likeness (QED) is 0.910. The first-order chi connectivity index (χ1) is 8.80. The summed E-state index contributed by atoms with van der Waals surface area (Å²) in [5.74, 6) is 0.469. The molecule has 2 rings (SSSR count). The molecule has 2 aromatic rings. The molecule has 0 unspecified atom stereocenters. The topological polar surface area (TPSA) is 69.6 Å². The van der Waals surface area contributed by atoms with E-state index in [1.54, 1.807) is 0 Å². The molecule has 2 N–H and O–H groups in total. The molecule has 19 heavy (non-hydrogen) atoms. The second-order valence-electron chi connectivity index (χ2n) is 4.29. The Balaban J connectivity index is 2.54. The number of alkyl halides is 3. The average molecular weight is 271 g/mol. The summed E-state index contributed by atoms with van der Waals surface area (Å²) in [5.41, 5.74) is 5.33. The van der Waals surface area contributed by atoms with Crippen LogP contribution in [0.3, 0.4) is 0 Å². The summed E-state index contributed by atoms with van der Waals surface area (Å²) in [6, 6.07) is 0.891. The lowest BCUT2D eigenvalue weighted by molar-refractivity contribution is -0.141. The number of rotatable bonds is 2. The Morgan fingerprint density at radius 1 is 1.26 bits per heavy atom. The van der Waals surface area contributed by atoms with Crippen LogP contribution < -0.4 is 5.73 Å². The lowest BCUT2D eigenvalue weighted by Crippen LogP contribution is -2.11. The van der Waals surface area contributed by atoms with Gasteiger partial charge in [-0.25, -0.2) is 14.6 Å². The maximum absolute atomic E-state index is 12.5. The zero-order valence-corrected chi connectivity index (χ0v) is 10.3. The van der Waals surface area contributed by atoms with E-state index in [9.17, 15) is 13.2 Å². The van der Waals surface area contributed by atoms with Crippen molar-refractivity contribution >= 4 is 5.82 Å². The minimum atomic E-state index is -4.48. The number of hydrogen-bond acceptors (Lipinski definition) is 4. The van der Waals surface area contributed by atoms with Crippen LogP contribution in [-0.4, -0.2) is 19.7 Å². The third-order valence-corrected chi connectivity index (χ3v) is 2.57. The Morgan fingerprint density at radius 2 is 1.95 bits per heavy atom. The van der Waals surface area contributed by atoms with Crippen molar-refractivity contribution < 1.29 is 13.2 Å². The number of nitrogens with zero attached hydrogens (tertiary/aromatic N) is 4. The molecule has 0 fully saturated rings. The molecule has 5 nitrogen and oxygen atoms in total. The Hall–Kier alpha value is -2.12. The molecule has 2 heterocycles. The second-order valence-corrected chi connectivity index (χ2v) is 4.29. The van der Waals surface area contributed by atoms with E-state index in [-0.39, 0.29) is 17.6 Å². The van der Waals surface area contributed by atoms with Crippen LogP contribution in [0.25, 0.3) is 5.82 Å². The van der Waals surface area contributed by atoms with Gasteiger partial charge in [0.15, 0.2) is 11.5 Å². The molecule has 0 radical (unpaired) electrons. The fraction of sp³-hybridized carbons (Fsp3) is 0.364. The van der Waals surface area contributed by atoms with Crippen molar-refractivity contribution in [3.05, 3.63) is 29.8 Å². The van der Waals surface area contributed by atoms with Crippen molar-refractivity contribution in [2.75, 3.05) is 5.73 Å². The molecule has 102 valence electrons. The monoisotopic (exact) mass is 271 g/mol. The normalized spacial score (nSPS) is 12.1. The lowest BCUT2D eigenvalue weighted by Gasteiger charge is -2.13. The van der Waals surface area contributed by atoms with Crippen molar-refractivity contribution in [3.63, 3.8) is 0 Å². The van der Waals surface area contributed by atoms with Gasteiger partial charge >= 0.3 is 6.18 Å². The fourth-order valence-corrected chi connectivity index (χ4v) is 1.73. The lowest BCUT2D eigenvalue weighted by atomic mass is 10.1. The first-order valence-electron chi connectivity index (χ1n) is 5.54. The van der Waals surface area contributed by atoms with Gasteiger partial charge in [0.05, 0.1) is 0 Å². The number of nitrogen functional groups attached to an aromatic ring is 1. The molecule has 0 aliphatic carbocycles. The minimum absolute atomic E-state index is 0.0327. The summed E-state index contributed by atoms with van der Waals surface area (Å²) < 4.78 is 38.6. The van der Waals surface area contributed by atoms with Crippen molar-refractivity contribution in [2.24, 2.45) is 0 Å². The van der Waals surface area contributed by atoms with Crippen LogP contribution in [0.5, 0.6) is 0 Å². The van der Waals surface area contributed by atoms with Crippen molar-refractivity contribution in [3.8, 4) is 5.82 Å². The zero-order valence-electron chi connectivity index (χ0n) is 10.3. The van der Waals surface area contributed by atoms with E-state index in [1.165, 1.54) is 12.5 Å². The third kappa shape index (κ3) is 2.51. The molecule has 0 aromatic carbocycles. The van der Waals surface area contributed by atoms with Crippen LogP contribution in [0.2, 0.25) is 0 Å². The molecule has 0 aliphatic heterocycles. The first-order valence-corrected chi connectivity index (χ1v) is 5.54. The van der Waals surface area contributed by atoms with Crippen molar-refractivity contribution in [1.29, 1.82) is 0 Å². The molecule has 0 saturated carbocycles. The van der Waals surface area contributed by atoms with E-state index in [0.717, 1.165) is 10.7 Å². The highest BCUT2D eigenvalue weighted by Gasteiger charge is 2.34. The van der Waals surface area contributed by atoms with Crippen LogP contribution in [0, 0.1) is 0 Å². The number of hydrogen-bond donors (Lipinski definition) is 1. The summed E-state index contributed by atoms with van der Waals surface area (Å²) >= 11 is 0. The summed E-state index contributed by atoms with van der Waals surface area (Å²) in [6.07, 6.45) is -2.08. The largest absolute Gasteiger partial charge is 0.435 e. The molecule has 0 saturated heterocycles. The van der Waals surface area contributed by atoms with Gasteiger partial charge in [0.25, 0.3) is 0 Å². The molecule has 0 aliphatic rings. The average Bonchev–Trinajstić information content (AvgIpc) is 2.76. The molecule has 0 atom stereocenters. The fourth-order valence-electron chi connectivity index (χ4n) is 1.73. The maximum Gasteiger partial charge on any atom is 0.435 e. The molecule has 0 bridgehead atoms. The van der Waals surface area contributed by atoms with Gasteiger partial charge in [-0.1, -0.05) is 13.8 Å².